The quantitative estimate of drug-likeness (QED) is 0.172. The van der Waals surface area contributed by atoms with Crippen LogP contribution in [0.15, 0.2) is 53.1 Å². The van der Waals surface area contributed by atoms with Crippen molar-refractivity contribution < 1.29 is 23.1 Å². The zero-order valence-electron chi connectivity index (χ0n) is 28.3. The number of hydrogen-bond acceptors (Lipinski definition) is 10. The lowest BCUT2D eigenvalue weighted by Crippen LogP contribution is -2.22. The van der Waals surface area contributed by atoms with Crippen molar-refractivity contribution in [2.45, 2.75) is 57.0 Å². The lowest BCUT2D eigenvalue weighted by molar-refractivity contribution is 0.0776. The fourth-order valence-corrected chi connectivity index (χ4v) is 9.92. The number of aryl methyl sites for hydroxylation is 1. The van der Waals surface area contributed by atoms with E-state index >= 15 is 0 Å². The molecular formula is C39H32ClFN6O4S. The SMILES string of the molecule is COc1c(F)ccc2c1CC[C@@H]2Nc1nccc2cc(-c3c4c(nc(C[C@H]5COc6cc(Cl)ccc65)c3-c3nnc(C)o3)[C@H]3CCCN3C4=O)sc12. The monoisotopic (exact) mass is 734 g/mol. The molecule has 0 radical (unpaired) electrons. The van der Waals surface area contributed by atoms with Crippen LogP contribution < -0.4 is 14.8 Å². The summed E-state index contributed by atoms with van der Waals surface area (Å²) in [6.07, 6.45) is 5.60. The fraction of sp³-hybridized carbons (Fsp3) is 0.308. The van der Waals surface area contributed by atoms with Gasteiger partial charge in [0.25, 0.3) is 5.91 Å². The second-order valence-corrected chi connectivity index (χ2v) is 15.3. The molecule has 3 atom stereocenters. The lowest BCUT2D eigenvalue weighted by Gasteiger charge is -2.18. The molecule has 4 aliphatic rings. The van der Waals surface area contributed by atoms with Crippen molar-refractivity contribution in [3.63, 3.8) is 0 Å². The van der Waals surface area contributed by atoms with Gasteiger partial charge in [-0.05, 0) is 67.0 Å². The summed E-state index contributed by atoms with van der Waals surface area (Å²) in [6.45, 7) is 2.93. The van der Waals surface area contributed by atoms with Crippen molar-refractivity contribution in [2.75, 3.05) is 25.6 Å². The number of carbonyl (C=O) groups excluding carboxylic acids is 1. The third-order valence-electron chi connectivity index (χ3n) is 10.9. The van der Waals surface area contributed by atoms with Gasteiger partial charge in [0.2, 0.25) is 11.8 Å². The van der Waals surface area contributed by atoms with Gasteiger partial charge in [0.05, 0.1) is 53.0 Å². The van der Waals surface area contributed by atoms with Gasteiger partial charge in [0.15, 0.2) is 11.6 Å². The number of fused-ring (bicyclic) bond motifs is 6. The Morgan fingerprint density at radius 2 is 1.98 bits per heavy atom. The predicted molar refractivity (Wildman–Crippen MR) is 195 cm³/mol. The van der Waals surface area contributed by atoms with Crippen LogP contribution in [0, 0.1) is 12.7 Å². The maximum atomic E-state index is 14.5. The summed E-state index contributed by atoms with van der Waals surface area (Å²) in [5.74, 6) is 2.18. The van der Waals surface area contributed by atoms with E-state index in [9.17, 15) is 9.18 Å². The van der Waals surface area contributed by atoms with Crippen LogP contribution in [-0.4, -0.2) is 51.2 Å². The van der Waals surface area contributed by atoms with Crippen molar-refractivity contribution >= 4 is 44.7 Å². The van der Waals surface area contributed by atoms with Crippen LogP contribution in [0.3, 0.4) is 0 Å². The average molecular weight is 735 g/mol. The Balaban J connectivity index is 1.14. The van der Waals surface area contributed by atoms with Crippen LogP contribution in [0.5, 0.6) is 11.5 Å². The molecule has 0 unspecified atom stereocenters. The number of nitrogens with one attached hydrogen (secondary N) is 1. The van der Waals surface area contributed by atoms with Crippen LogP contribution in [0.2, 0.25) is 5.02 Å². The molecule has 0 saturated carbocycles. The van der Waals surface area contributed by atoms with Gasteiger partial charge < -0.3 is 24.1 Å². The standard InChI is InChI=1S/C39H32ClFN6O4S/c1-18-45-46-38(51-18)31-27(14-20-17-50-29-16-21(40)5-6-22(20)29)43-34-28-4-3-13-47(28)39(48)33(34)32(31)30-15-19-11-12-42-37(36(19)52-30)44-26-10-8-24-23(26)7-9-25(41)35(24)49-2/h5-7,9,11-12,15-16,20,26,28H,3-4,8,10,13-14,17H2,1-2H3,(H,42,44)/t20-,26-,28+/m0/s1. The van der Waals surface area contributed by atoms with E-state index in [4.69, 9.17) is 35.5 Å². The number of amides is 1. The normalized spacial score (nSPS) is 19.9. The lowest BCUT2D eigenvalue weighted by atomic mass is 9.89. The van der Waals surface area contributed by atoms with E-state index in [-0.39, 0.29) is 29.7 Å². The number of ether oxygens (including phenoxy) is 2. The molecule has 2 aromatic carbocycles. The zero-order valence-corrected chi connectivity index (χ0v) is 29.9. The topological polar surface area (TPSA) is 116 Å². The highest BCUT2D eigenvalue weighted by atomic mass is 35.5. The number of aromatic nitrogens is 4. The molecule has 13 heteroatoms. The minimum absolute atomic E-state index is 0.00835. The number of thiophene rings is 1. The molecule has 52 heavy (non-hydrogen) atoms. The van der Waals surface area contributed by atoms with Gasteiger partial charge in [-0.25, -0.2) is 9.37 Å². The van der Waals surface area contributed by atoms with Crippen molar-refractivity contribution in [1.29, 1.82) is 0 Å². The Morgan fingerprint density at radius 1 is 1.10 bits per heavy atom. The van der Waals surface area contributed by atoms with Gasteiger partial charge in [-0.15, -0.1) is 21.5 Å². The zero-order chi connectivity index (χ0) is 35.2. The first kappa shape index (κ1) is 31.6. The van der Waals surface area contributed by atoms with Gasteiger partial charge in [-0.2, -0.15) is 0 Å². The molecule has 1 fully saturated rings. The van der Waals surface area contributed by atoms with Gasteiger partial charge in [0, 0.05) is 58.6 Å². The van der Waals surface area contributed by atoms with Crippen LogP contribution in [0.4, 0.5) is 10.2 Å². The van der Waals surface area contributed by atoms with Crippen molar-refractivity contribution in [2.24, 2.45) is 0 Å². The number of nitrogens with zero attached hydrogens (tertiary/aromatic N) is 5. The van der Waals surface area contributed by atoms with E-state index < -0.39 is 0 Å². The van der Waals surface area contributed by atoms with Crippen LogP contribution >= 0.6 is 22.9 Å². The molecule has 7 heterocycles. The number of benzene rings is 2. The number of hydrogen-bond donors (Lipinski definition) is 1. The second-order valence-electron chi connectivity index (χ2n) is 13.8. The van der Waals surface area contributed by atoms with Crippen LogP contribution in [-0.2, 0) is 12.8 Å². The number of carbonyl (C=O) groups is 1. The van der Waals surface area contributed by atoms with Crippen LogP contribution in [0.25, 0.3) is 32.0 Å². The molecule has 1 saturated heterocycles. The molecule has 1 aliphatic carbocycles. The van der Waals surface area contributed by atoms with E-state index in [1.165, 1.54) is 13.2 Å². The van der Waals surface area contributed by atoms with Crippen molar-refractivity contribution in [3.05, 3.63) is 99.0 Å². The largest absolute Gasteiger partial charge is 0.493 e. The molecule has 0 bridgehead atoms. The van der Waals surface area contributed by atoms with E-state index in [1.54, 1.807) is 24.5 Å². The minimum Gasteiger partial charge on any atom is -0.493 e. The number of anilines is 1. The Hall–Kier alpha value is -5.07. The Kier molecular flexibility index (Phi) is 7.30. The molecule has 3 aliphatic heterocycles. The summed E-state index contributed by atoms with van der Waals surface area (Å²) in [7, 11) is 1.51. The predicted octanol–water partition coefficient (Wildman–Crippen LogP) is 8.63. The maximum Gasteiger partial charge on any atom is 0.257 e. The van der Waals surface area contributed by atoms with E-state index in [0.29, 0.717) is 59.7 Å². The summed E-state index contributed by atoms with van der Waals surface area (Å²) in [5, 5.41) is 14.0. The molecule has 262 valence electrons. The Morgan fingerprint density at radius 3 is 2.83 bits per heavy atom. The van der Waals surface area contributed by atoms with Gasteiger partial charge in [0.1, 0.15) is 11.6 Å². The Labute approximate surface area is 307 Å². The third kappa shape index (κ3) is 4.83. The Bertz CT molecular complexity index is 2470. The molecule has 0 spiro atoms. The maximum absolute atomic E-state index is 14.5. The molecule has 1 N–H and O–H groups in total. The minimum atomic E-state index is -0.356. The number of rotatable bonds is 7. The smallest absolute Gasteiger partial charge is 0.257 e. The first-order valence-electron chi connectivity index (χ1n) is 17.5. The molecule has 10 nitrogen and oxygen atoms in total. The summed E-state index contributed by atoms with van der Waals surface area (Å²) in [6, 6.07) is 13.0. The number of pyridine rings is 2. The summed E-state index contributed by atoms with van der Waals surface area (Å²) in [5.41, 5.74) is 6.58. The second kappa shape index (κ2) is 12.0. The molecule has 1 amide bonds. The third-order valence-corrected chi connectivity index (χ3v) is 12.3. The van der Waals surface area contributed by atoms with Crippen LogP contribution in [0.1, 0.15) is 81.6 Å². The molecule has 10 rings (SSSR count). The fourth-order valence-electron chi connectivity index (χ4n) is 8.59. The highest BCUT2D eigenvalue weighted by Gasteiger charge is 2.45. The van der Waals surface area contributed by atoms with Crippen molar-refractivity contribution in [3.8, 4) is 33.4 Å². The summed E-state index contributed by atoms with van der Waals surface area (Å²) < 4.78 is 33.2. The van der Waals surface area contributed by atoms with Gasteiger partial charge in [-0.1, -0.05) is 23.7 Å². The van der Waals surface area contributed by atoms with E-state index in [0.717, 1.165) is 79.4 Å². The van der Waals surface area contributed by atoms with Gasteiger partial charge >= 0.3 is 0 Å². The van der Waals surface area contributed by atoms with E-state index in [1.807, 2.05) is 35.2 Å². The molecular weight excluding hydrogens is 703 g/mol. The van der Waals surface area contributed by atoms with Gasteiger partial charge in [-0.3, -0.25) is 9.78 Å². The molecule has 4 aromatic heterocycles. The summed E-state index contributed by atoms with van der Waals surface area (Å²) >= 11 is 7.87. The molecule has 6 aromatic rings. The highest BCUT2D eigenvalue weighted by Crippen LogP contribution is 2.51. The van der Waals surface area contributed by atoms with E-state index in [2.05, 4.69) is 21.6 Å². The first-order chi connectivity index (χ1) is 25.4. The van der Waals surface area contributed by atoms with Crippen molar-refractivity contribution in [1.82, 2.24) is 25.1 Å². The first-order valence-corrected chi connectivity index (χ1v) is 18.7. The summed E-state index contributed by atoms with van der Waals surface area (Å²) in [4.78, 5) is 27.3. The number of methoxy groups -OCH3 is 1. The highest BCUT2D eigenvalue weighted by molar-refractivity contribution is 7.23. The number of halogens is 2. The average Bonchev–Trinajstić information content (AvgIpc) is 3.99.